The minimum atomic E-state index is -0.00564. The average Bonchev–Trinajstić information content (AvgIpc) is 2.77. The molecule has 0 unspecified atom stereocenters. The van der Waals surface area contributed by atoms with Crippen LogP contribution in [0.2, 0.25) is 0 Å². The first kappa shape index (κ1) is 9.44. The molecule has 0 bridgehead atoms. The van der Waals surface area contributed by atoms with E-state index in [0.717, 1.165) is 24.9 Å². The zero-order valence-electron chi connectivity index (χ0n) is 8.79. The maximum Gasteiger partial charge on any atom is 0.143 e. The number of ketones is 1. The summed E-state index contributed by atoms with van der Waals surface area (Å²) >= 11 is 0. The fourth-order valence-electron chi connectivity index (χ4n) is 1.54. The minimum absolute atomic E-state index is 0.00564. The lowest BCUT2D eigenvalue weighted by atomic mass is 9.99. The number of hydrogen-bond acceptors (Lipinski definition) is 2. The summed E-state index contributed by atoms with van der Waals surface area (Å²) in [5, 5.41) is 4.15. The highest BCUT2D eigenvalue weighted by Gasteiger charge is 2.43. The summed E-state index contributed by atoms with van der Waals surface area (Å²) in [5.74, 6) is 0.369. The van der Waals surface area contributed by atoms with Gasteiger partial charge in [-0.1, -0.05) is 6.92 Å². The van der Waals surface area contributed by atoms with Gasteiger partial charge in [0, 0.05) is 24.6 Å². The summed E-state index contributed by atoms with van der Waals surface area (Å²) in [6.07, 6.45) is 6.44. The van der Waals surface area contributed by atoms with Gasteiger partial charge in [0.05, 0.1) is 6.20 Å². The smallest absolute Gasteiger partial charge is 0.143 e. The molecule has 0 spiro atoms. The number of aryl methyl sites for hydroxylation is 1. The average molecular weight is 192 g/mol. The molecule has 1 aliphatic rings. The molecule has 0 aliphatic heterocycles. The Morgan fingerprint density at radius 3 is 2.86 bits per heavy atom. The van der Waals surface area contributed by atoms with E-state index in [1.807, 2.05) is 17.8 Å². The molecule has 1 fully saturated rings. The predicted octanol–water partition coefficient (Wildman–Crippen LogP) is 1.81. The lowest BCUT2D eigenvalue weighted by Gasteiger charge is -2.04. The molecule has 3 nitrogen and oxygen atoms in total. The van der Waals surface area contributed by atoms with Gasteiger partial charge < -0.3 is 0 Å². The lowest BCUT2D eigenvalue weighted by molar-refractivity contribution is -0.122. The van der Waals surface area contributed by atoms with E-state index in [-0.39, 0.29) is 5.41 Å². The molecule has 0 amide bonds. The summed E-state index contributed by atoms with van der Waals surface area (Å²) in [5.41, 5.74) is 1.04. The Labute approximate surface area is 84.1 Å². The Kier molecular flexibility index (Phi) is 2.17. The monoisotopic (exact) mass is 192 g/mol. The predicted molar refractivity (Wildman–Crippen MR) is 54.0 cm³/mol. The number of nitrogens with zero attached hydrogens (tertiary/aromatic N) is 2. The highest BCUT2D eigenvalue weighted by Crippen LogP contribution is 2.46. The first-order valence-electron chi connectivity index (χ1n) is 5.19. The Morgan fingerprint density at radius 1 is 1.64 bits per heavy atom. The maximum atomic E-state index is 11.8. The van der Waals surface area contributed by atoms with Crippen LogP contribution < -0.4 is 0 Å². The van der Waals surface area contributed by atoms with Crippen molar-refractivity contribution in [2.24, 2.45) is 5.41 Å². The Morgan fingerprint density at radius 2 is 2.36 bits per heavy atom. The van der Waals surface area contributed by atoms with Crippen molar-refractivity contribution in [2.45, 2.75) is 39.7 Å². The van der Waals surface area contributed by atoms with E-state index in [2.05, 4.69) is 12.0 Å². The second kappa shape index (κ2) is 3.23. The summed E-state index contributed by atoms with van der Waals surface area (Å²) in [6.45, 7) is 4.96. The number of carbonyl (C=O) groups is 1. The van der Waals surface area contributed by atoms with E-state index in [4.69, 9.17) is 0 Å². The minimum Gasteiger partial charge on any atom is -0.299 e. The number of hydrogen-bond donors (Lipinski definition) is 0. The summed E-state index contributed by atoms with van der Waals surface area (Å²) in [6, 6.07) is 0. The molecule has 0 saturated heterocycles. The number of Topliss-reactive ketones (excluding diaryl/α,β-unsaturated/α-hetero) is 1. The van der Waals surface area contributed by atoms with Crippen LogP contribution in [0.15, 0.2) is 12.4 Å². The van der Waals surface area contributed by atoms with Crippen LogP contribution in [0.25, 0.3) is 0 Å². The van der Waals surface area contributed by atoms with E-state index in [1.54, 1.807) is 6.20 Å². The van der Waals surface area contributed by atoms with Gasteiger partial charge in [0.1, 0.15) is 5.78 Å². The van der Waals surface area contributed by atoms with E-state index in [0.29, 0.717) is 12.2 Å². The molecule has 2 rings (SSSR count). The molecule has 76 valence electrons. The molecule has 1 aliphatic carbocycles. The highest BCUT2D eigenvalue weighted by atomic mass is 16.1. The van der Waals surface area contributed by atoms with Crippen LogP contribution in [0.4, 0.5) is 0 Å². The molecule has 0 atom stereocenters. The summed E-state index contributed by atoms with van der Waals surface area (Å²) in [4.78, 5) is 11.8. The van der Waals surface area contributed by atoms with Crippen molar-refractivity contribution in [3.8, 4) is 0 Å². The van der Waals surface area contributed by atoms with Crippen LogP contribution in [0.1, 0.15) is 32.3 Å². The van der Waals surface area contributed by atoms with Crippen LogP contribution in [-0.2, 0) is 17.8 Å². The second-order valence-corrected chi connectivity index (χ2v) is 4.36. The molecule has 0 aromatic carbocycles. The van der Waals surface area contributed by atoms with E-state index < -0.39 is 0 Å². The topological polar surface area (TPSA) is 34.9 Å². The van der Waals surface area contributed by atoms with Crippen molar-refractivity contribution in [1.29, 1.82) is 0 Å². The van der Waals surface area contributed by atoms with Crippen molar-refractivity contribution >= 4 is 5.78 Å². The largest absolute Gasteiger partial charge is 0.299 e. The zero-order chi connectivity index (χ0) is 10.2. The standard InChI is InChI=1S/C11H16N2O/c1-3-13-8-9(7-12-13)6-10(14)11(2)4-5-11/h7-8H,3-6H2,1-2H3. The number of carbonyl (C=O) groups excluding carboxylic acids is 1. The molecular formula is C11H16N2O. The third-order valence-electron chi connectivity index (χ3n) is 3.05. The van der Waals surface area contributed by atoms with Crippen molar-refractivity contribution in [1.82, 2.24) is 9.78 Å². The van der Waals surface area contributed by atoms with Gasteiger partial charge in [-0.25, -0.2) is 0 Å². The summed E-state index contributed by atoms with van der Waals surface area (Å²) in [7, 11) is 0. The van der Waals surface area contributed by atoms with Crippen molar-refractivity contribution in [3.05, 3.63) is 18.0 Å². The SMILES string of the molecule is CCn1cc(CC(=O)C2(C)CC2)cn1. The molecule has 1 saturated carbocycles. The van der Waals surface area contributed by atoms with E-state index in [1.165, 1.54) is 0 Å². The molecule has 3 heteroatoms. The first-order valence-corrected chi connectivity index (χ1v) is 5.19. The van der Waals surface area contributed by atoms with Crippen LogP contribution >= 0.6 is 0 Å². The van der Waals surface area contributed by atoms with Crippen molar-refractivity contribution in [2.75, 3.05) is 0 Å². The van der Waals surface area contributed by atoms with Crippen LogP contribution in [0, 0.1) is 5.41 Å². The lowest BCUT2D eigenvalue weighted by Crippen LogP contribution is -2.13. The molecule has 0 N–H and O–H groups in total. The van der Waals surface area contributed by atoms with Gasteiger partial charge in [0.2, 0.25) is 0 Å². The van der Waals surface area contributed by atoms with Crippen LogP contribution in [0.5, 0.6) is 0 Å². The molecule has 1 heterocycles. The van der Waals surface area contributed by atoms with Gasteiger partial charge in [0.25, 0.3) is 0 Å². The molecule has 1 aromatic rings. The fourth-order valence-corrected chi connectivity index (χ4v) is 1.54. The third kappa shape index (κ3) is 1.72. The van der Waals surface area contributed by atoms with Gasteiger partial charge in [0.15, 0.2) is 0 Å². The van der Waals surface area contributed by atoms with Gasteiger partial charge in [-0.3, -0.25) is 9.48 Å². The maximum absolute atomic E-state index is 11.8. The Bertz CT molecular complexity index is 350. The van der Waals surface area contributed by atoms with Gasteiger partial charge in [-0.15, -0.1) is 0 Å². The van der Waals surface area contributed by atoms with Gasteiger partial charge in [-0.05, 0) is 25.3 Å². The van der Waals surface area contributed by atoms with E-state index in [9.17, 15) is 4.79 Å². The number of aromatic nitrogens is 2. The van der Waals surface area contributed by atoms with Crippen LogP contribution in [-0.4, -0.2) is 15.6 Å². The fraction of sp³-hybridized carbons (Fsp3) is 0.636. The number of rotatable bonds is 4. The second-order valence-electron chi connectivity index (χ2n) is 4.36. The van der Waals surface area contributed by atoms with Gasteiger partial charge >= 0.3 is 0 Å². The quantitative estimate of drug-likeness (QED) is 0.729. The van der Waals surface area contributed by atoms with E-state index >= 15 is 0 Å². The normalized spacial score (nSPS) is 18.1. The zero-order valence-corrected chi connectivity index (χ0v) is 8.79. The van der Waals surface area contributed by atoms with Gasteiger partial charge in [-0.2, -0.15) is 5.10 Å². The Balaban J connectivity index is 2.00. The first-order chi connectivity index (χ1) is 6.64. The van der Waals surface area contributed by atoms with Crippen molar-refractivity contribution < 1.29 is 4.79 Å². The van der Waals surface area contributed by atoms with Crippen LogP contribution in [0.3, 0.4) is 0 Å². The Hall–Kier alpha value is -1.12. The third-order valence-corrected chi connectivity index (χ3v) is 3.05. The molecule has 1 aromatic heterocycles. The van der Waals surface area contributed by atoms with Crippen molar-refractivity contribution in [3.63, 3.8) is 0 Å². The molecule has 14 heavy (non-hydrogen) atoms. The highest BCUT2D eigenvalue weighted by molar-refractivity contribution is 5.88. The molecule has 0 radical (unpaired) electrons. The molecular weight excluding hydrogens is 176 g/mol. The summed E-state index contributed by atoms with van der Waals surface area (Å²) < 4.78 is 1.86.